The van der Waals surface area contributed by atoms with Crippen LogP contribution in [0.4, 0.5) is 17.1 Å². The maximum Gasteiger partial charge on any atom is 0.0715 e. The van der Waals surface area contributed by atoms with E-state index < -0.39 is 0 Å². The smallest absolute Gasteiger partial charge is 0.0715 e. The van der Waals surface area contributed by atoms with Crippen molar-refractivity contribution in [2.75, 3.05) is 4.90 Å². The van der Waals surface area contributed by atoms with Crippen LogP contribution in [-0.2, 0) is 0 Å². The van der Waals surface area contributed by atoms with Crippen molar-refractivity contribution in [3.05, 3.63) is 297 Å². The lowest BCUT2D eigenvalue weighted by Crippen LogP contribution is -2.15. The van der Waals surface area contributed by atoms with Gasteiger partial charge < -0.3 is 9.47 Å². The minimum atomic E-state index is 0.922. The van der Waals surface area contributed by atoms with Crippen LogP contribution in [0.15, 0.2) is 297 Å². The van der Waals surface area contributed by atoms with Gasteiger partial charge >= 0.3 is 0 Å². The van der Waals surface area contributed by atoms with Crippen molar-refractivity contribution in [1.82, 2.24) is 9.55 Å². The number of anilines is 3. The minimum absolute atomic E-state index is 0.922. The van der Waals surface area contributed by atoms with Gasteiger partial charge in [0.1, 0.15) is 0 Å². The molecule has 12 aromatic carbocycles. The van der Waals surface area contributed by atoms with E-state index in [-0.39, 0.29) is 0 Å². The van der Waals surface area contributed by atoms with Crippen molar-refractivity contribution in [1.29, 1.82) is 0 Å². The Labute approximate surface area is 453 Å². The molecule has 14 aromatic rings. The molecule has 0 aliphatic carbocycles. The maximum absolute atomic E-state index is 5.45. The summed E-state index contributed by atoms with van der Waals surface area (Å²) in [6.07, 6.45) is 0. The third-order valence-corrected chi connectivity index (χ3v) is 15.6. The summed E-state index contributed by atoms with van der Waals surface area (Å²) in [6, 6.07) is 108. The molecular formula is C75H49N3. The summed E-state index contributed by atoms with van der Waals surface area (Å²) in [6.45, 7) is 0. The average molecular weight is 992 g/mol. The molecule has 0 amide bonds. The Hall–Kier alpha value is -10.4. The molecule has 1 aliphatic rings. The topological polar surface area (TPSA) is 21.1 Å². The highest BCUT2D eigenvalue weighted by Gasteiger charge is 2.29. The molecule has 0 bridgehead atoms. The molecule has 364 valence electrons. The largest absolute Gasteiger partial charge is 0.309 e. The predicted octanol–water partition coefficient (Wildman–Crippen LogP) is 20.5. The van der Waals surface area contributed by atoms with Crippen molar-refractivity contribution in [3.8, 4) is 95.0 Å². The molecule has 0 fully saturated rings. The highest BCUT2D eigenvalue weighted by Crippen LogP contribution is 2.54. The van der Waals surface area contributed by atoms with E-state index in [9.17, 15) is 0 Å². The second kappa shape index (κ2) is 18.8. The summed E-state index contributed by atoms with van der Waals surface area (Å²) in [5.74, 6) is 0. The van der Waals surface area contributed by atoms with E-state index in [0.717, 1.165) is 95.1 Å². The molecule has 0 N–H and O–H groups in total. The minimum Gasteiger partial charge on any atom is -0.309 e. The summed E-state index contributed by atoms with van der Waals surface area (Å²) in [4.78, 5) is 7.97. The third kappa shape index (κ3) is 7.88. The number of pyridine rings is 1. The van der Waals surface area contributed by atoms with E-state index in [1.807, 2.05) is 0 Å². The zero-order valence-corrected chi connectivity index (χ0v) is 42.6. The van der Waals surface area contributed by atoms with Crippen molar-refractivity contribution in [2.24, 2.45) is 0 Å². The number of hydrogen-bond donors (Lipinski definition) is 0. The van der Waals surface area contributed by atoms with Crippen LogP contribution < -0.4 is 4.90 Å². The van der Waals surface area contributed by atoms with Gasteiger partial charge in [-0.1, -0.05) is 218 Å². The second-order valence-corrected chi connectivity index (χ2v) is 20.3. The fourth-order valence-corrected chi connectivity index (χ4v) is 11.9. The molecule has 0 radical (unpaired) electrons. The maximum atomic E-state index is 5.45. The van der Waals surface area contributed by atoms with Gasteiger partial charge in [0.15, 0.2) is 0 Å². The summed E-state index contributed by atoms with van der Waals surface area (Å²) in [7, 11) is 0. The van der Waals surface area contributed by atoms with Crippen molar-refractivity contribution in [3.63, 3.8) is 0 Å². The Bertz CT molecular complexity index is 4390. The molecule has 0 spiro atoms. The van der Waals surface area contributed by atoms with Crippen LogP contribution in [0.2, 0.25) is 0 Å². The van der Waals surface area contributed by atoms with Gasteiger partial charge in [0.25, 0.3) is 0 Å². The first-order chi connectivity index (χ1) is 38.6. The molecular weight excluding hydrogens is 943 g/mol. The molecule has 3 heterocycles. The molecule has 15 rings (SSSR count). The van der Waals surface area contributed by atoms with Gasteiger partial charge in [-0.25, -0.2) is 4.98 Å². The van der Waals surface area contributed by atoms with Crippen molar-refractivity contribution in [2.45, 2.75) is 0 Å². The monoisotopic (exact) mass is 991 g/mol. The number of hydrogen-bond acceptors (Lipinski definition) is 2. The van der Waals surface area contributed by atoms with Crippen LogP contribution in [0.3, 0.4) is 0 Å². The highest BCUT2D eigenvalue weighted by atomic mass is 15.2. The van der Waals surface area contributed by atoms with Crippen LogP contribution >= 0.6 is 0 Å². The van der Waals surface area contributed by atoms with Crippen molar-refractivity contribution >= 4 is 49.6 Å². The molecule has 1 aliphatic heterocycles. The van der Waals surface area contributed by atoms with E-state index in [1.165, 1.54) is 49.5 Å². The summed E-state index contributed by atoms with van der Waals surface area (Å²) in [5, 5.41) is 4.76. The Morgan fingerprint density at radius 1 is 0.244 bits per heavy atom. The summed E-state index contributed by atoms with van der Waals surface area (Å²) < 4.78 is 2.51. The quantitative estimate of drug-likeness (QED) is 0.144. The van der Waals surface area contributed by atoms with E-state index in [2.05, 4.69) is 307 Å². The number of fused-ring (bicyclic) bond motifs is 5. The van der Waals surface area contributed by atoms with E-state index in [1.54, 1.807) is 0 Å². The zero-order chi connectivity index (χ0) is 51.5. The summed E-state index contributed by atoms with van der Waals surface area (Å²) >= 11 is 0. The van der Waals surface area contributed by atoms with Crippen molar-refractivity contribution < 1.29 is 0 Å². The first-order valence-electron chi connectivity index (χ1n) is 26.8. The lowest BCUT2D eigenvalue weighted by molar-refractivity contribution is 1.18. The van der Waals surface area contributed by atoms with E-state index >= 15 is 0 Å². The Kier molecular flexibility index (Phi) is 10.9. The molecule has 0 saturated heterocycles. The number of aromatic nitrogens is 2. The Morgan fingerprint density at radius 2 is 0.679 bits per heavy atom. The van der Waals surface area contributed by atoms with Crippen LogP contribution in [0.1, 0.15) is 0 Å². The standard InChI is InChI=1S/C75H49N3/c1-7-21-50(22-8-1)58-39-59(51-23-9-2-10-24-51)42-63(41-58)77-71-38-37-57(70-47-62(54-29-15-5-16-30-54)46-69(76-70)55-31-17-6-18-32-55)45-66(71)68-48-67-65-35-19-33-56-34-20-36-72(75(56)65)78(73(67)49-74(68)77)64-43-60(52-25-11-3-12-26-52)40-61(44-64)53-27-13-4-14-28-53/h1-49H. The van der Waals surface area contributed by atoms with Gasteiger partial charge in [-0.05, 0) is 145 Å². The van der Waals surface area contributed by atoms with E-state index in [4.69, 9.17) is 4.98 Å². The lowest BCUT2D eigenvalue weighted by atomic mass is 9.89. The fraction of sp³-hybridized carbons (Fsp3) is 0. The zero-order valence-electron chi connectivity index (χ0n) is 42.6. The van der Waals surface area contributed by atoms with E-state index in [0.29, 0.717) is 0 Å². The van der Waals surface area contributed by atoms with Gasteiger partial charge in [-0.3, -0.25) is 0 Å². The molecule has 0 unspecified atom stereocenters. The number of nitrogens with zero attached hydrogens (tertiary/aromatic N) is 3. The molecule has 0 atom stereocenters. The average Bonchev–Trinajstić information content (AvgIpc) is 4.02. The lowest BCUT2D eigenvalue weighted by Gasteiger charge is -2.34. The van der Waals surface area contributed by atoms with Crippen LogP contribution in [0.25, 0.3) is 128 Å². The third-order valence-electron chi connectivity index (χ3n) is 15.6. The fourth-order valence-electron chi connectivity index (χ4n) is 11.9. The Morgan fingerprint density at radius 3 is 1.19 bits per heavy atom. The second-order valence-electron chi connectivity index (χ2n) is 20.3. The van der Waals surface area contributed by atoms with Crippen LogP contribution in [0.5, 0.6) is 0 Å². The van der Waals surface area contributed by atoms with Crippen LogP contribution in [-0.4, -0.2) is 9.55 Å². The Balaban J connectivity index is 1.04. The first-order valence-corrected chi connectivity index (χ1v) is 26.8. The van der Waals surface area contributed by atoms with Gasteiger partial charge in [-0.15, -0.1) is 0 Å². The molecule has 0 saturated carbocycles. The number of rotatable bonds is 9. The van der Waals surface area contributed by atoms with Gasteiger partial charge in [0, 0.05) is 44.2 Å². The molecule has 78 heavy (non-hydrogen) atoms. The molecule has 2 aromatic heterocycles. The number of benzene rings is 12. The predicted molar refractivity (Wildman–Crippen MR) is 328 cm³/mol. The van der Waals surface area contributed by atoms with Gasteiger partial charge in [-0.2, -0.15) is 0 Å². The summed E-state index contributed by atoms with van der Waals surface area (Å²) in [5.41, 5.74) is 24.7. The van der Waals surface area contributed by atoms with Crippen LogP contribution in [0, 0.1) is 0 Å². The first kappa shape index (κ1) is 45.1. The molecule has 3 nitrogen and oxygen atoms in total. The highest BCUT2D eigenvalue weighted by molar-refractivity contribution is 6.19. The normalized spacial score (nSPS) is 11.8. The van der Waals surface area contributed by atoms with Gasteiger partial charge in [0.2, 0.25) is 0 Å². The molecule has 3 heteroatoms. The SMILES string of the molecule is c1ccc(-c2cc(-c3ccccc3)cc(N3c4cc5c(cc4-c4cccc6cccc3c46)c3cc(-c4cc(-c6ccccc6)cc(-c6ccccc6)n4)ccc3n5-c3cc(-c4ccccc4)cc(-c4ccccc4)c3)c2)cc1. The van der Waals surface area contributed by atoms with Gasteiger partial charge in [0.05, 0.1) is 33.8 Å².